The Hall–Kier alpha value is -3.20. The highest BCUT2D eigenvalue weighted by atomic mass is 16.2. The lowest BCUT2D eigenvalue weighted by atomic mass is 10.1. The number of nitrogens with one attached hydrogen (secondary N) is 1. The zero-order valence-electron chi connectivity index (χ0n) is 14.1. The summed E-state index contributed by atoms with van der Waals surface area (Å²) in [6.45, 7) is 4.03. The molecule has 1 amide bonds. The van der Waals surface area contributed by atoms with Gasteiger partial charge in [0.2, 0.25) is 5.91 Å². The highest BCUT2D eigenvalue weighted by Crippen LogP contribution is 2.31. The van der Waals surface area contributed by atoms with Crippen molar-refractivity contribution < 1.29 is 4.79 Å². The quantitative estimate of drug-likeness (QED) is 0.798. The molecule has 0 atom stereocenters. The average Bonchev–Trinajstić information content (AvgIpc) is 3.37. The Labute approximate surface area is 145 Å². The van der Waals surface area contributed by atoms with Crippen LogP contribution in [-0.4, -0.2) is 20.7 Å². The molecule has 124 valence electrons. The minimum absolute atomic E-state index is 0.0448. The summed E-state index contributed by atoms with van der Waals surface area (Å²) in [7, 11) is 0. The third-order valence-corrected chi connectivity index (χ3v) is 4.53. The minimum Gasteiger partial charge on any atom is -0.309 e. The molecule has 25 heavy (non-hydrogen) atoms. The van der Waals surface area contributed by atoms with Gasteiger partial charge in [-0.3, -0.25) is 4.79 Å². The monoisotopic (exact) mass is 331 g/mol. The molecule has 2 aromatic heterocycles. The number of benzene rings is 1. The van der Waals surface area contributed by atoms with Crippen LogP contribution in [0.1, 0.15) is 29.5 Å². The lowest BCUT2D eigenvalue weighted by Crippen LogP contribution is -2.17. The van der Waals surface area contributed by atoms with Crippen molar-refractivity contribution in [2.24, 2.45) is 5.92 Å². The molecule has 0 unspecified atom stereocenters. The number of carbonyl (C=O) groups excluding carboxylic acids is 1. The number of pyridine rings is 1. The van der Waals surface area contributed by atoms with Crippen molar-refractivity contribution in [1.29, 1.82) is 5.26 Å². The smallest absolute Gasteiger partial charge is 0.228 e. The Kier molecular flexibility index (Phi) is 3.50. The Morgan fingerprint density at radius 1 is 1.32 bits per heavy atom. The van der Waals surface area contributed by atoms with E-state index in [-0.39, 0.29) is 11.8 Å². The highest BCUT2D eigenvalue weighted by Gasteiger charge is 2.31. The van der Waals surface area contributed by atoms with Gasteiger partial charge in [0.1, 0.15) is 11.6 Å². The van der Waals surface area contributed by atoms with Crippen LogP contribution in [0.25, 0.3) is 16.7 Å². The number of carbonyl (C=O) groups is 1. The fourth-order valence-corrected chi connectivity index (χ4v) is 2.94. The molecule has 1 saturated carbocycles. The number of aryl methyl sites for hydroxylation is 2. The lowest BCUT2D eigenvalue weighted by Gasteiger charge is -2.12. The summed E-state index contributed by atoms with van der Waals surface area (Å²) in [5, 5.41) is 17.6. The van der Waals surface area contributed by atoms with Crippen LogP contribution in [-0.2, 0) is 4.79 Å². The van der Waals surface area contributed by atoms with Gasteiger partial charge in [0.05, 0.1) is 11.7 Å². The van der Waals surface area contributed by atoms with E-state index in [1.54, 1.807) is 0 Å². The molecule has 4 rings (SSSR count). The van der Waals surface area contributed by atoms with Crippen LogP contribution in [0.4, 0.5) is 5.82 Å². The molecule has 0 saturated heterocycles. The molecule has 6 nitrogen and oxygen atoms in total. The minimum atomic E-state index is -0.0630. The summed E-state index contributed by atoms with van der Waals surface area (Å²) in [4.78, 5) is 16.9. The van der Waals surface area contributed by atoms with Crippen molar-refractivity contribution in [3.63, 3.8) is 0 Å². The van der Waals surface area contributed by atoms with Gasteiger partial charge in [-0.15, -0.1) is 0 Å². The van der Waals surface area contributed by atoms with Gasteiger partial charge in [-0.25, -0.2) is 4.98 Å². The van der Waals surface area contributed by atoms with Gasteiger partial charge in [-0.05, 0) is 43.9 Å². The normalized spacial score (nSPS) is 13.6. The second-order valence-corrected chi connectivity index (χ2v) is 6.46. The fraction of sp³-hybridized carbons (Fsp3) is 0.263. The third kappa shape index (κ3) is 2.64. The van der Waals surface area contributed by atoms with Gasteiger partial charge < -0.3 is 5.32 Å². The van der Waals surface area contributed by atoms with Gasteiger partial charge in [-0.2, -0.15) is 15.0 Å². The van der Waals surface area contributed by atoms with E-state index < -0.39 is 0 Å². The predicted octanol–water partition coefficient (Wildman–Crippen LogP) is 3.26. The van der Waals surface area contributed by atoms with Crippen molar-refractivity contribution in [2.45, 2.75) is 26.7 Å². The largest absolute Gasteiger partial charge is 0.309 e. The Balaban J connectivity index is 1.86. The highest BCUT2D eigenvalue weighted by molar-refractivity contribution is 5.94. The summed E-state index contributed by atoms with van der Waals surface area (Å²) in [6, 6.07) is 10.1. The van der Waals surface area contributed by atoms with Crippen LogP contribution in [0.5, 0.6) is 0 Å². The molecule has 0 aliphatic heterocycles. The number of anilines is 1. The number of fused-ring (bicyclic) bond motifs is 1. The van der Waals surface area contributed by atoms with Crippen molar-refractivity contribution in [3.05, 3.63) is 47.2 Å². The van der Waals surface area contributed by atoms with Crippen LogP contribution in [0.15, 0.2) is 30.5 Å². The molecule has 2 heterocycles. The molecule has 6 heteroatoms. The van der Waals surface area contributed by atoms with E-state index in [0.717, 1.165) is 34.9 Å². The number of rotatable bonds is 3. The van der Waals surface area contributed by atoms with Gasteiger partial charge in [0.25, 0.3) is 0 Å². The Morgan fingerprint density at radius 2 is 2.12 bits per heavy atom. The molecule has 1 aliphatic rings. The van der Waals surface area contributed by atoms with E-state index in [4.69, 9.17) is 4.98 Å². The van der Waals surface area contributed by atoms with Crippen LogP contribution >= 0.6 is 0 Å². The maximum atomic E-state index is 12.2. The van der Waals surface area contributed by atoms with E-state index in [0.29, 0.717) is 17.2 Å². The van der Waals surface area contributed by atoms with E-state index in [9.17, 15) is 10.1 Å². The SMILES string of the molecule is Cc1cc(-n2ncc(C#N)c2NC(=O)C2CC2)nc2c(C)cccc12. The van der Waals surface area contributed by atoms with E-state index in [1.807, 2.05) is 38.1 Å². The maximum Gasteiger partial charge on any atom is 0.228 e. The fourth-order valence-electron chi connectivity index (χ4n) is 2.94. The summed E-state index contributed by atoms with van der Waals surface area (Å²) >= 11 is 0. The standard InChI is InChI=1S/C19H17N5O/c1-11-4-3-5-15-12(2)8-16(22-17(11)15)24-18(14(9-20)10-21-24)23-19(25)13-6-7-13/h3-5,8,10,13H,6-7H2,1-2H3,(H,23,25). The van der Waals surface area contributed by atoms with Crippen LogP contribution in [0.2, 0.25) is 0 Å². The number of para-hydroxylation sites is 1. The number of nitriles is 1. The number of hydrogen-bond acceptors (Lipinski definition) is 4. The van der Waals surface area contributed by atoms with Crippen molar-refractivity contribution >= 4 is 22.6 Å². The van der Waals surface area contributed by atoms with E-state index in [1.165, 1.54) is 10.9 Å². The third-order valence-electron chi connectivity index (χ3n) is 4.53. The molecule has 1 N–H and O–H groups in total. The Bertz CT molecular complexity index is 1040. The van der Waals surface area contributed by atoms with Crippen molar-refractivity contribution in [2.75, 3.05) is 5.32 Å². The summed E-state index contributed by atoms with van der Waals surface area (Å²) in [5.41, 5.74) is 3.36. The maximum absolute atomic E-state index is 12.2. The summed E-state index contributed by atoms with van der Waals surface area (Å²) < 4.78 is 1.54. The predicted molar refractivity (Wildman–Crippen MR) is 94.4 cm³/mol. The van der Waals surface area contributed by atoms with Crippen molar-refractivity contribution in [3.8, 4) is 11.9 Å². The molecule has 3 aromatic rings. The van der Waals surface area contributed by atoms with Crippen LogP contribution in [0, 0.1) is 31.1 Å². The van der Waals surface area contributed by atoms with Gasteiger partial charge in [0.15, 0.2) is 11.6 Å². The van der Waals surface area contributed by atoms with Crippen LogP contribution in [0.3, 0.4) is 0 Å². The number of hydrogen-bond donors (Lipinski definition) is 1. The molecule has 1 aliphatic carbocycles. The lowest BCUT2D eigenvalue weighted by molar-refractivity contribution is -0.117. The average molecular weight is 331 g/mol. The molecular formula is C19H17N5O. The molecule has 1 aromatic carbocycles. The molecular weight excluding hydrogens is 314 g/mol. The van der Waals surface area contributed by atoms with Crippen molar-refractivity contribution in [1.82, 2.24) is 14.8 Å². The van der Waals surface area contributed by atoms with E-state index >= 15 is 0 Å². The van der Waals surface area contributed by atoms with Crippen LogP contribution < -0.4 is 5.32 Å². The Morgan fingerprint density at radius 3 is 2.84 bits per heavy atom. The first-order valence-corrected chi connectivity index (χ1v) is 8.25. The van der Waals surface area contributed by atoms with Gasteiger partial charge >= 0.3 is 0 Å². The first kappa shape index (κ1) is 15.3. The second kappa shape index (κ2) is 5.71. The molecule has 0 bridgehead atoms. The van der Waals surface area contributed by atoms with Gasteiger partial charge in [0, 0.05) is 11.3 Å². The first-order valence-electron chi connectivity index (χ1n) is 8.25. The second-order valence-electron chi connectivity index (χ2n) is 6.46. The summed E-state index contributed by atoms with van der Waals surface area (Å²) in [6.07, 6.45) is 3.25. The molecule has 0 spiro atoms. The summed E-state index contributed by atoms with van der Waals surface area (Å²) in [5.74, 6) is 0.960. The number of amides is 1. The molecule has 1 fully saturated rings. The topological polar surface area (TPSA) is 83.6 Å². The molecule has 0 radical (unpaired) electrons. The first-order chi connectivity index (χ1) is 12.1. The van der Waals surface area contributed by atoms with Gasteiger partial charge in [-0.1, -0.05) is 18.2 Å². The number of nitrogens with zero attached hydrogens (tertiary/aromatic N) is 4. The zero-order chi connectivity index (χ0) is 17.6. The number of aromatic nitrogens is 3. The van der Waals surface area contributed by atoms with E-state index in [2.05, 4.69) is 16.5 Å². The zero-order valence-corrected chi connectivity index (χ0v) is 14.1.